The maximum Gasteiger partial charge on any atom is 0.133 e. The van der Waals surface area contributed by atoms with Crippen molar-refractivity contribution in [1.29, 1.82) is 0 Å². The van der Waals surface area contributed by atoms with Gasteiger partial charge in [-0.2, -0.15) is 0 Å². The summed E-state index contributed by atoms with van der Waals surface area (Å²) in [6.07, 6.45) is 5.24. The molecule has 0 N–H and O–H groups in total. The van der Waals surface area contributed by atoms with Crippen LogP contribution in [-0.2, 0) is 9.59 Å². The van der Waals surface area contributed by atoms with Crippen LogP contribution in [0.2, 0.25) is 0 Å². The number of carbonyl (C=O) groups is 2. The third-order valence-corrected chi connectivity index (χ3v) is 3.70. The first-order chi connectivity index (χ1) is 8.40. The van der Waals surface area contributed by atoms with E-state index < -0.39 is 5.97 Å². The van der Waals surface area contributed by atoms with Gasteiger partial charge in [-0.25, -0.2) is 0 Å². The highest BCUT2D eigenvalue weighted by Gasteiger charge is 2.22. The van der Waals surface area contributed by atoms with Crippen LogP contribution in [0, 0.1) is 17.8 Å². The Morgan fingerprint density at radius 2 is 2.00 bits per heavy atom. The number of carboxylic acid groups (broad SMARTS) is 1. The fraction of sp³-hybridized carbons (Fsp3) is 0.733. The van der Waals surface area contributed by atoms with Gasteiger partial charge in [0, 0.05) is 12.8 Å². The third-order valence-electron chi connectivity index (χ3n) is 3.70. The zero-order chi connectivity index (χ0) is 13.7. The molecule has 1 rings (SSSR count). The molecule has 0 amide bonds. The predicted octanol–water partition coefficient (Wildman–Crippen LogP) is 2.10. The summed E-state index contributed by atoms with van der Waals surface area (Å²) in [5.74, 6) is 0.477. The second-order valence-electron chi connectivity index (χ2n) is 5.87. The Balaban J connectivity index is 2.43. The molecule has 3 heteroatoms. The fourth-order valence-electron chi connectivity index (χ4n) is 2.62. The first-order valence-corrected chi connectivity index (χ1v) is 6.82. The Kier molecular flexibility index (Phi) is 5.57. The second-order valence-corrected chi connectivity index (χ2v) is 5.87. The maximum atomic E-state index is 11.8. The summed E-state index contributed by atoms with van der Waals surface area (Å²) in [5, 5.41) is 10.7. The predicted molar refractivity (Wildman–Crippen MR) is 68.7 cm³/mol. The summed E-state index contributed by atoms with van der Waals surface area (Å²) < 4.78 is 0. The topological polar surface area (TPSA) is 57.2 Å². The summed E-state index contributed by atoms with van der Waals surface area (Å²) in [5.41, 5.74) is 0.423. The monoisotopic (exact) mass is 251 g/mol. The summed E-state index contributed by atoms with van der Waals surface area (Å²) in [4.78, 5) is 22.5. The largest absolute Gasteiger partial charge is 0.545 e. The van der Waals surface area contributed by atoms with E-state index in [4.69, 9.17) is 0 Å². The molecular weight excluding hydrogens is 228 g/mol. The minimum absolute atomic E-state index is 0.326. The molecule has 2 atom stereocenters. The number of rotatable bonds is 6. The van der Waals surface area contributed by atoms with Crippen molar-refractivity contribution in [2.45, 2.75) is 52.9 Å². The summed E-state index contributed by atoms with van der Waals surface area (Å²) in [6, 6.07) is 0. The van der Waals surface area contributed by atoms with Crippen molar-refractivity contribution in [3.05, 3.63) is 11.6 Å². The second kappa shape index (κ2) is 6.72. The van der Waals surface area contributed by atoms with Gasteiger partial charge in [-0.3, -0.25) is 4.79 Å². The Bertz CT molecular complexity index is 342. The minimum Gasteiger partial charge on any atom is -0.545 e. The number of hydrogen-bond acceptors (Lipinski definition) is 3. The third kappa shape index (κ3) is 4.63. The normalized spacial score (nSPS) is 21.6. The molecule has 102 valence electrons. The first-order valence-electron chi connectivity index (χ1n) is 6.82. The molecule has 0 unspecified atom stereocenters. The van der Waals surface area contributed by atoms with Crippen molar-refractivity contribution in [1.82, 2.24) is 0 Å². The van der Waals surface area contributed by atoms with Gasteiger partial charge < -0.3 is 9.90 Å². The van der Waals surface area contributed by atoms with Gasteiger partial charge in [-0.05, 0) is 42.6 Å². The van der Waals surface area contributed by atoms with E-state index in [-0.39, 0.29) is 0 Å². The highest BCUT2D eigenvalue weighted by molar-refractivity contribution is 5.84. The molecule has 0 radical (unpaired) electrons. The van der Waals surface area contributed by atoms with Crippen LogP contribution in [0.5, 0.6) is 0 Å². The number of ketones is 1. The number of carbonyl (C=O) groups excluding carboxylic acids is 2. The average molecular weight is 251 g/mol. The lowest BCUT2D eigenvalue weighted by molar-refractivity contribution is -0.299. The fourth-order valence-corrected chi connectivity index (χ4v) is 2.62. The van der Waals surface area contributed by atoms with Crippen molar-refractivity contribution < 1.29 is 14.7 Å². The number of Topliss-reactive ketones (excluding diaryl/α,β-unsaturated/α-hetero) is 1. The lowest BCUT2D eigenvalue weighted by Gasteiger charge is -2.27. The zero-order valence-corrected chi connectivity index (χ0v) is 11.6. The van der Waals surface area contributed by atoms with Crippen LogP contribution in [0.4, 0.5) is 0 Å². The van der Waals surface area contributed by atoms with Crippen LogP contribution < -0.4 is 5.11 Å². The van der Waals surface area contributed by atoms with E-state index in [2.05, 4.69) is 20.8 Å². The van der Waals surface area contributed by atoms with E-state index in [9.17, 15) is 14.7 Å². The number of carboxylic acids is 1. The molecule has 1 aliphatic carbocycles. The van der Waals surface area contributed by atoms with E-state index in [1.165, 1.54) is 0 Å². The molecule has 0 bridgehead atoms. The van der Waals surface area contributed by atoms with E-state index >= 15 is 0 Å². The van der Waals surface area contributed by atoms with Crippen molar-refractivity contribution in [2.75, 3.05) is 0 Å². The molecule has 1 aliphatic rings. The average Bonchev–Trinajstić information content (AvgIpc) is 2.27. The Labute approximate surface area is 109 Å². The molecule has 0 saturated carbocycles. The molecule has 0 spiro atoms. The zero-order valence-electron chi connectivity index (χ0n) is 11.6. The van der Waals surface area contributed by atoms with Crippen LogP contribution in [0.1, 0.15) is 52.9 Å². The van der Waals surface area contributed by atoms with Crippen LogP contribution in [0.15, 0.2) is 11.6 Å². The molecule has 18 heavy (non-hydrogen) atoms. The SMILES string of the molecule is CC(C)CC(=O)C[C@@H](C)[C@H]1CC=C(C(=O)[O-])CC1. The van der Waals surface area contributed by atoms with Crippen molar-refractivity contribution >= 4 is 11.8 Å². The smallest absolute Gasteiger partial charge is 0.133 e. The quantitative estimate of drug-likeness (QED) is 0.726. The van der Waals surface area contributed by atoms with Crippen LogP contribution in [-0.4, -0.2) is 11.8 Å². The van der Waals surface area contributed by atoms with Gasteiger partial charge in [0.1, 0.15) is 5.78 Å². The van der Waals surface area contributed by atoms with E-state index in [0.717, 1.165) is 12.8 Å². The summed E-state index contributed by atoms with van der Waals surface area (Å²) in [7, 11) is 0. The van der Waals surface area contributed by atoms with Gasteiger partial charge in [-0.15, -0.1) is 0 Å². The van der Waals surface area contributed by atoms with Gasteiger partial charge in [0.25, 0.3) is 0 Å². The van der Waals surface area contributed by atoms with Gasteiger partial charge in [0.2, 0.25) is 0 Å². The van der Waals surface area contributed by atoms with Crippen molar-refractivity contribution in [3.8, 4) is 0 Å². The molecule has 0 aliphatic heterocycles. The molecule has 0 fully saturated rings. The standard InChI is InChI=1S/C15H24O3/c1-10(2)8-14(16)9-11(3)12-4-6-13(7-5-12)15(17)18/h6,10-12H,4-5,7-9H2,1-3H3,(H,17,18)/p-1/t11-,12+/m1/s1. The summed E-state index contributed by atoms with van der Waals surface area (Å²) >= 11 is 0. The van der Waals surface area contributed by atoms with Gasteiger partial charge in [-0.1, -0.05) is 26.8 Å². The van der Waals surface area contributed by atoms with Crippen LogP contribution >= 0.6 is 0 Å². The molecular formula is C15H23O3-. The molecule has 0 aromatic rings. The Morgan fingerprint density at radius 3 is 2.44 bits per heavy atom. The number of allylic oxidation sites excluding steroid dienone is 1. The molecule has 0 aromatic heterocycles. The van der Waals surface area contributed by atoms with Crippen LogP contribution in [0.25, 0.3) is 0 Å². The lowest BCUT2D eigenvalue weighted by Crippen LogP contribution is -2.27. The van der Waals surface area contributed by atoms with E-state index in [1.807, 2.05) is 0 Å². The number of aliphatic carboxylic acids is 1. The lowest BCUT2D eigenvalue weighted by atomic mass is 9.79. The number of hydrogen-bond donors (Lipinski definition) is 0. The highest BCUT2D eigenvalue weighted by atomic mass is 16.4. The van der Waals surface area contributed by atoms with Crippen molar-refractivity contribution in [3.63, 3.8) is 0 Å². The van der Waals surface area contributed by atoms with Gasteiger partial charge >= 0.3 is 0 Å². The van der Waals surface area contributed by atoms with Crippen LogP contribution in [0.3, 0.4) is 0 Å². The summed E-state index contributed by atoms with van der Waals surface area (Å²) in [6.45, 7) is 6.21. The molecule has 0 heterocycles. The van der Waals surface area contributed by atoms with E-state index in [1.54, 1.807) is 6.08 Å². The Morgan fingerprint density at radius 1 is 1.33 bits per heavy atom. The minimum atomic E-state index is -1.04. The van der Waals surface area contributed by atoms with Gasteiger partial charge in [0.15, 0.2) is 0 Å². The van der Waals surface area contributed by atoms with E-state index in [0.29, 0.717) is 48.4 Å². The molecule has 0 saturated heterocycles. The maximum absolute atomic E-state index is 11.8. The van der Waals surface area contributed by atoms with Crippen molar-refractivity contribution in [2.24, 2.45) is 17.8 Å². The Hall–Kier alpha value is -1.12. The first kappa shape index (κ1) is 14.9. The molecule has 0 aromatic carbocycles. The molecule has 3 nitrogen and oxygen atoms in total. The van der Waals surface area contributed by atoms with Gasteiger partial charge in [0.05, 0.1) is 5.97 Å². The highest BCUT2D eigenvalue weighted by Crippen LogP contribution is 2.31.